The van der Waals surface area contributed by atoms with Gasteiger partial charge in [-0.1, -0.05) is 13.8 Å². The van der Waals surface area contributed by atoms with Crippen LogP contribution in [0.3, 0.4) is 0 Å². The lowest BCUT2D eigenvalue weighted by Crippen LogP contribution is -2.43. The van der Waals surface area contributed by atoms with Crippen molar-refractivity contribution in [2.75, 3.05) is 6.54 Å². The molecule has 1 fully saturated rings. The smallest absolute Gasteiger partial charge is 0.234 e. The fourth-order valence-corrected chi connectivity index (χ4v) is 2.34. The molecule has 1 aliphatic rings. The third-order valence-electron chi connectivity index (χ3n) is 3.60. The first-order valence-corrected chi connectivity index (χ1v) is 6.51. The fraction of sp³-hybridized carbons (Fsp3) is 0.923. The molecule has 3 unspecified atom stereocenters. The summed E-state index contributed by atoms with van der Waals surface area (Å²) in [6.45, 7) is 9.08. The summed E-state index contributed by atoms with van der Waals surface area (Å²) >= 11 is 0. The first-order valence-electron chi connectivity index (χ1n) is 6.51. The van der Waals surface area contributed by atoms with Crippen LogP contribution in [0.15, 0.2) is 0 Å². The molecule has 1 saturated carbocycles. The monoisotopic (exact) mass is 226 g/mol. The highest BCUT2D eigenvalue weighted by molar-refractivity contribution is 5.78. The predicted molar refractivity (Wildman–Crippen MR) is 67.2 cm³/mol. The normalized spacial score (nSPS) is 30.4. The third kappa shape index (κ3) is 4.52. The van der Waals surface area contributed by atoms with Gasteiger partial charge in [-0.2, -0.15) is 0 Å². The van der Waals surface area contributed by atoms with Gasteiger partial charge in [-0.15, -0.1) is 0 Å². The average Bonchev–Trinajstić information content (AvgIpc) is 2.19. The molecule has 0 saturated heterocycles. The van der Waals surface area contributed by atoms with Crippen LogP contribution in [0.25, 0.3) is 0 Å². The van der Waals surface area contributed by atoms with E-state index in [0.717, 1.165) is 11.8 Å². The molecule has 0 aromatic heterocycles. The predicted octanol–water partition coefficient (Wildman–Crippen LogP) is 1.93. The molecule has 3 nitrogen and oxygen atoms in total. The van der Waals surface area contributed by atoms with E-state index in [1.54, 1.807) is 0 Å². The maximum atomic E-state index is 11.5. The van der Waals surface area contributed by atoms with Gasteiger partial charge < -0.3 is 10.6 Å². The van der Waals surface area contributed by atoms with Gasteiger partial charge in [-0.25, -0.2) is 0 Å². The van der Waals surface area contributed by atoms with E-state index >= 15 is 0 Å². The first-order chi connectivity index (χ1) is 7.49. The van der Waals surface area contributed by atoms with Gasteiger partial charge in [-0.05, 0) is 44.9 Å². The van der Waals surface area contributed by atoms with Crippen molar-refractivity contribution in [3.63, 3.8) is 0 Å². The van der Waals surface area contributed by atoms with Crippen LogP contribution in [0, 0.1) is 11.8 Å². The SMILES string of the molecule is CC(C)NC(=O)CNC1CCC(C)C(C)C1. The summed E-state index contributed by atoms with van der Waals surface area (Å²) < 4.78 is 0. The van der Waals surface area contributed by atoms with Crippen LogP contribution >= 0.6 is 0 Å². The van der Waals surface area contributed by atoms with Gasteiger partial charge in [0.15, 0.2) is 0 Å². The minimum absolute atomic E-state index is 0.112. The number of nitrogens with one attached hydrogen (secondary N) is 2. The van der Waals surface area contributed by atoms with Crippen LogP contribution in [0.2, 0.25) is 0 Å². The Hall–Kier alpha value is -0.570. The van der Waals surface area contributed by atoms with E-state index in [2.05, 4.69) is 24.5 Å². The summed E-state index contributed by atoms with van der Waals surface area (Å²) in [6.07, 6.45) is 3.70. The van der Waals surface area contributed by atoms with Crippen LogP contribution in [-0.2, 0) is 4.79 Å². The number of hydrogen-bond donors (Lipinski definition) is 2. The van der Waals surface area contributed by atoms with Crippen molar-refractivity contribution >= 4 is 5.91 Å². The molecule has 3 atom stereocenters. The summed E-state index contributed by atoms with van der Waals surface area (Å²) in [5.41, 5.74) is 0. The average molecular weight is 226 g/mol. The van der Waals surface area contributed by atoms with E-state index in [-0.39, 0.29) is 11.9 Å². The first kappa shape index (κ1) is 13.5. The molecular formula is C13H26N2O. The second-order valence-electron chi connectivity index (χ2n) is 5.57. The maximum absolute atomic E-state index is 11.5. The number of rotatable bonds is 4. The Morgan fingerprint density at radius 1 is 1.25 bits per heavy atom. The molecule has 0 bridgehead atoms. The summed E-state index contributed by atoms with van der Waals surface area (Å²) in [7, 11) is 0. The summed E-state index contributed by atoms with van der Waals surface area (Å²) in [5.74, 6) is 1.73. The molecule has 2 N–H and O–H groups in total. The zero-order chi connectivity index (χ0) is 12.1. The standard InChI is InChI=1S/C13H26N2O/c1-9(2)15-13(16)8-14-12-6-5-10(3)11(4)7-12/h9-12,14H,5-8H2,1-4H3,(H,15,16). The molecular weight excluding hydrogens is 200 g/mol. The molecule has 3 heteroatoms. The molecule has 0 aromatic carbocycles. The van der Waals surface area contributed by atoms with Crippen molar-refractivity contribution in [1.29, 1.82) is 0 Å². The highest BCUT2D eigenvalue weighted by Crippen LogP contribution is 2.29. The lowest BCUT2D eigenvalue weighted by Gasteiger charge is -2.32. The van der Waals surface area contributed by atoms with Crippen LogP contribution in [-0.4, -0.2) is 24.5 Å². The van der Waals surface area contributed by atoms with E-state index in [0.29, 0.717) is 12.6 Å². The van der Waals surface area contributed by atoms with Gasteiger partial charge in [0.2, 0.25) is 5.91 Å². The van der Waals surface area contributed by atoms with Gasteiger partial charge >= 0.3 is 0 Å². The zero-order valence-electron chi connectivity index (χ0n) is 11.0. The van der Waals surface area contributed by atoms with Crippen molar-refractivity contribution in [2.45, 2.75) is 59.0 Å². The van der Waals surface area contributed by atoms with E-state index in [1.807, 2.05) is 13.8 Å². The molecule has 0 aromatic rings. The number of amides is 1. The Bertz CT molecular complexity index is 228. The van der Waals surface area contributed by atoms with Gasteiger partial charge in [0.1, 0.15) is 0 Å². The summed E-state index contributed by atoms with van der Waals surface area (Å²) in [5, 5.41) is 6.27. The highest BCUT2D eigenvalue weighted by Gasteiger charge is 2.24. The largest absolute Gasteiger partial charge is 0.353 e. The van der Waals surface area contributed by atoms with Crippen LogP contribution < -0.4 is 10.6 Å². The fourth-order valence-electron chi connectivity index (χ4n) is 2.34. The maximum Gasteiger partial charge on any atom is 0.234 e. The quantitative estimate of drug-likeness (QED) is 0.769. The molecule has 1 rings (SSSR count). The van der Waals surface area contributed by atoms with Gasteiger partial charge in [0, 0.05) is 12.1 Å². The molecule has 1 amide bonds. The van der Waals surface area contributed by atoms with E-state index in [4.69, 9.17) is 0 Å². The van der Waals surface area contributed by atoms with Crippen molar-refractivity contribution < 1.29 is 4.79 Å². The van der Waals surface area contributed by atoms with Crippen molar-refractivity contribution in [3.8, 4) is 0 Å². The molecule has 94 valence electrons. The molecule has 1 aliphatic carbocycles. The van der Waals surface area contributed by atoms with Gasteiger partial charge in [0.05, 0.1) is 6.54 Å². The Morgan fingerprint density at radius 2 is 1.94 bits per heavy atom. The number of hydrogen-bond acceptors (Lipinski definition) is 2. The molecule has 0 radical (unpaired) electrons. The topological polar surface area (TPSA) is 41.1 Å². The minimum Gasteiger partial charge on any atom is -0.353 e. The molecule has 0 heterocycles. The Kier molecular flexibility index (Phi) is 5.26. The Morgan fingerprint density at radius 3 is 2.50 bits per heavy atom. The van der Waals surface area contributed by atoms with Gasteiger partial charge in [-0.3, -0.25) is 4.79 Å². The van der Waals surface area contributed by atoms with Gasteiger partial charge in [0.25, 0.3) is 0 Å². The van der Waals surface area contributed by atoms with Crippen molar-refractivity contribution in [2.24, 2.45) is 11.8 Å². The highest BCUT2D eigenvalue weighted by atomic mass is 16.1. The summed E-state index contributed by atoms with van der Waals surface area (Å²) in [4.78, 5) is 11.5. The summed E-state index contributed by atoms with van der Waals surface area (Å²) in [6, 6.07) is 0.767. The molecule has 0 spiro atoms. The van der Waals surface area contributed by atoms with E-state index in [1.165, 1.54) is 19.3 Å². The van der Waals surface area contributed by atoms with Crippen LogP contribution in [0.5, 0.6) is 0 Å². The van der Waals surface area contributed by atoms with Crippen molar-refractivity contribution in [3.05, 3.63) is 0 Å². The second-order valence-corrected chi connectivity index (χ2v) is 5.57. The Labute approximate surface area is 99.4 Å². The lowest BCUT2D eigenvalue weighted by molar-refractivity contribution is -0.120. The van der Waals surface area contributed by atoms with E-state index in [9.17, 15) is 4.79 Å². The molecule has 16 heavy (non-hydrogen) atoms. The second kappa shape index (κ2) is 6.24. The number of carbonyl (C=O) groups is 1. The molecule has 0 aliphatic heterocycles. The van der Waals surface area contributed by atoms with E-state index < -0.39 is 0 Å². The minimum atomic E-state index is 0.112. The zero-order valence-corrected chi connectivity index (χ0v) is 11.0. The lowest BCUT2D eigenvalue weighted by atomic mass is 9.79. The Balaban J connectivity index is 2.20. The number of carbonyl (C=O) groups excluding carboxylic acids is 1. The van der Waals surface area contributed by atoms with Crippen LogP contribution in [0.4, 0.5) is 0 Å². The van der Waals surface area contributed by atoms with Crippen molar-refractivity contribution in [1.82, 2.24) is 10.6 Å². The van der Waals surface area contributed by atoms with Crippen LogP contribution in [0.1, 0.15) is 47.0 Å². The third-order valence-corrected chi connectivity index (χ3v) is 3.60.